The van der Waals surface area contributed by atoms with E-state index in [-0.39, 0.29) is 12.6 Å². The maximum Gasteiger partial charge on any atom is 0.411 e. The van der Waals surface area contributed by atoms with Crippen LogP contribution in [0.3, 0.4) is 0 Å². The van der Waals surface area contributed by atoms with E-state index in [0.717, 1.165) is 12.8 Å². The Kier molecular flexibility index (Phi) is 3.80. The lowest BCUT2D eigenvalue weighted by atomic mass is 10.0. The molecule has 0 aromatic carbocycles. The van der Waals surface area contributed by atoms with Gasteiger partial charge in [-0.3, -0.25) is 10.1 Å². The minimum absolute atomic E-state index is 0.159. The number of alkyl halides is 3. The van der Waals surface area contributed by atoms with Crippen LogP contribution in [0.15, 0.2) is 0 Å². The fourth-order valence-electron chi connectivity index (χ4n) is 1.23. The van der Waals surface area contributed by atoms with Crippen LogP contribution in [-0.2, 0) is 9.53 Å². The van der Waals surface area contributed by atoms with Gasteiger partial charge in [-0.05, 0) is 19.8 Å². The summed E-state index contributed by atoms with van der Waals surface area (Å²) < 4.78 is 40.0. The summed E-state index contributed by atoms with van der Waals surface area (Å²) in [4.78, 5) is 11.1. The zero-order valence-corrected chi connectivity index (χ0v) is 8.93. The maximum atomic E-state index is 11.8. The summed E-state index contributed by atoms with van der Waals surface area (Å²) in [5.41, 5.74) is 3.90. The van der Waals surface area contributed by atoms with Crippen molar-refractivity contribution in [1.82, 2.24) is 5.32 Å². The Bertz CT molecular complexity index is 266. The second-order valence-electron chi connectivity index (χ2n) is 4.22. The van der Waals surface area contributed by atoms with Gasteiger partial charge in [0, 0.05) is 6.04 Å². The topological polar surface area (TPSA) is 64.3 Å². The number of amides is 1. The molecule has 94 valence electrons. The van der Waals surface area contributed by atoms with Crippen LogP contribution in [0.5, 0.6) is 0 Å². The fraction of sp³-hybridized carbons (Fsp3) is 0.889. The van der Waals surface area contributed by atoms with Gasteiger partial charge in [-0.25, -0.2) is 0 Å². The molecule has 0 aromatic rings. The summed E-state index contributed by atoms with van der Waals surface area (Å²) >= 11 is 0. The van der Waals surface area contributed by atoms with Gasteiger partial charge in [-0.15, -0.1) is 0 Å². The van der Waals surface area contributed by atoms with Gasteiger partial charge in [0.25, 0.3) is 0 Å². The zero-order valence-electron chi connectivity index (χ0n) is 8.93. The number of rotatable bonds is 6. The SMILES string of the molecule is CC(COCC(F)(F)F)(NC1CC1)C(N)=O. The van der Waals surface area contributed by atoms with Gasteiger partial charge in [0.1, 0.15) is 12.1 Å². The smallest absolute Gasteiger partial charge is 0.370 e. The van der Waals surface area contributed by atoms with E-state index < -0.39 is 24.2 Å². The van der Waals surface area contributed by atoms with Gasteiger partial charge >= 0.3 is 6.18 Å². The van der Waals surface area contributed by atoms with Crippen LogP contribution < -0.4 is 11.1 Å². The summed E-state index contributed by atoms with van der Waals surface area (Å²) in [6.07, 6.45) is -2.58. The molecule has 1 rings (SSSR count). The molecule has 0 saturated heterocycles. The quantitative estimate of drug-likeness (QED) is 0.713. The highest BCUT2D eigenvalue weighted by atomic mass is 19.4. The van der Waals surface area contributed by atoms with Gasteiger partial charge in [0.2, 0.25) is 5.91 Å². The summed E-state index contributed by atoms with van der Waals surface area (Å²) in [6.45, 7) is -0.301. The molecule has 0 bridgehead atoms. The predicted molar refractivity (Wildman–Crippen MR) is 50.6 cm³/mol. The van der Waals surface area contributed by atoms with E-state index in [2.05, 4.69) is 10.1 Å². The van der Waals surface area contributed by atoms with Crippen molar-refractivity contribution in [3.8, 4) is 0 Å². The van der Waals surface area contributed by atoms with E-state index >= 15 is 0 Å². The molecule has 0 aliphatic heterocycles. The average Bonchev–Trinajstić information content (AvgIpc) is 2.85. The Morgan fingerprint density at radius 3 is 2.38 bits per heavy atom. The molecule has 1 aliphatic carbocycles. The largest absolute Gasteiger partial charge is 0.411 e. The first-order valence-electron chi connectivity index (χ1n) is 4.95. The molecular formula is C9H15F3N2O2. The average molecular weight is 240 g/mol. The highest BCUT2D eigenvalue weighted by molar-refractivity contribution is 5.84. The van der Waals surface area contributed by atoms with Crippen molar-refractivity contribution in [1.29, 1.82) is 0 Å². The first kappa shape index (κ1) is 13.2. The normalized spacial score (nSPS) is 20.5. The second-order valence-corrected chi connectivity index (χ2v) is 4.22. The molecule has 4 nitrogen and oxygen atoms in total. The van der Waals surface area contributed by atoms with Crippen LogP contribution in [0.2, 0.25) is 0 Å². The molecule has 1 amide bonds. The molecule has 1 saturated carbocycles. The lowest BCUT2D eigenvalue weighted by molar-refractivity contribution is -0.179. The van der Waals surface area contributed by atoms with Crippen molar-refractivity contribution in [2.45, 2.75) is 37.5 Å². The monoisotopic (exact) mass is 240 g/mol. The van der Waals surface area contributed by atoms with E-state index in [1.54, 1.807) is 0 Å². The van der Waals surface area contributed by atoms with Gasteiger partial charge in [0.15, 0.2) is 0 Å². The van der Waals surface area contributed by atoms with Crippen LogP contribution in [0, 0.1) is 0 Å². The molecule has 0 aromatic heterocycles. The van der Waals surface area contributed by atoms with Gasteiger partial charge in [0.05, 0.1) is 6.61 Å². The number of nitrogens with one attached hydrogen (secondary N) is 1. The molecule has 1 fully saturated rings. The predicted octanol–water partition coefficient (Wildman–Crippen LogP) is 0.561. The minimum atomic E-state index is -4.39. The lowest BCUT2D eigenvalue weighted by Gasteiger charge is -2.27. The molecule has 0 radical (unpaired) electrons. The number of halogens is 3. The molecule has 0 spiro atoms. The number of hydrogen-bond donors (Lipinski definition) is 2. The molecule has 1 unspecified atom stereocenters. The summed E-state index contributed by atoms with van der Waals surface area (Å²) in [6, 6.07) is 0.159. The first-order valence-corrected chi connectivity index (χ1v) is 4.95. The second kappa shape index (κ2) is 4.58. The Hall–Kier alpha value is -0.820. The minimum Gasteiger partial charge on any atom is -0.370 e. The number of primary amides is 1. The number of ether oxygens (including phenoxy) is 1. The van der Waals surface area contributed by atoms with Crippen molar-refractivity contribution in [3.05, 3.63) is 0 Å². The Labute approximate surface area is 91.3 Å². The number of nitrogens with two attached hydrogens (primary N) is 1. The highest BCUT2D eigenvalue weighted by Crippen LogP contribution is 2.23. The third-order valence-corrected chi connectivity index (χ3v) is 2.30. The van der Waals surface area contributed by atoms with E-state index in [1.165, 1.54) is 6.92 Å². The zero-order chi connectivity index (χ0) is 12.4. The third-order valence-electron chi connectivity index (χ3n) is 2.30. The molecular weight excluding hydrogens is 225 g/mol. The number of hydrogen-bond acceptors (Lipinski definition) is 3. The Morgan fingerprint density at radius 1 is 1.44 bits per heavy atom. The Morgan fingerprint density at radius 2 is 2.00 bits per heavy atom. The van der Waals surface area contributed by atoms with Crippen LogP contribution in [0.25, 0.3) is 0 Å². The van der Waals surface area contributed by atoms with E-state index in [4.69, 9.17) is 5.73 Å². The summed E-state index contributed by atoms with van der Waals surface area (Å²) in [7, 11) is 0. The van der Waals surface area contributed by atoms with Gasteiger partial charge in [-0.1, -0.05) is 0 Å². The highest BCUT2D eigenvalue weighted by Gasteiger charge is 2.38. The number of carbonyl (C=O) groups is 1. The van der Waals surface area contributed by atoms with Crippen molar-refractivity contribution in [3.63, 3.8) is 0 Å². The molecule has 1 atom stereocenters. The van der Waals surface area contributed by atoms with Gasteiger partial charge in [-0.2, -0.15) is 13.2 Å². The van der Waals surface area contributed by atoms with Crippen LogP contribution in [0.1, 0.15) is 19.8 Å². The molecule has 7 heteroatoms. The molecule has 3 N–H and O–H groups in total. The standard InChI is InChI=1S/C9H15F3N2O2/c1-8(7(13)15,14-6-2-3-6)4-16-5-9(10,11)12/h6,14H,2-5H2,1H3,(H2,13,15). The van der Waals surface area contributed by atoms with E-state index in [1.807, 2.05) is 0 Å². The fourth-order valence-corrected chi connectivity index (χ4v) is 1.23. The van der Waals surface area contributed by atoms with Crippen molar-refractivity contribution in [2.24, 2.45) is 5.73 Å². The lowest BCUT2D eigenvalue weighted by Crippen LogP contribution is -2.57. The van der Waals surface area contributed by atoms with Crippen LogP contribution in [0.4, 0.5) is 13.2 Å². The van der Waals surface area contributed by atoms with Crippen LogP contribution >= 0.6 is 0 Å². The molecule has 0 heterocycles. The molecule has 1 aliphatic rings. The molecule has 16 heavy (non-hydrogen) atoms. The third kappa shape index (κ3) is 4.36. The Balaban J connectivity index is 2.41. The summed E-state index contributed by atoms with van der Waals surface area (Å²) in [5, 5.41) is 2.89. The van der Waals surface area contributed by atoms with Crippen molar-refractivity contribution >= 4 is 5.91 Å². The van der Waals surface area contributed by atoms with Gasteiger partial charge < -0.3 is 10.5 Å². The van der Waals surface area contributed by atoms with E-state index in [9.17, 15) is 18.0 Å². The van der Waals surface area contributed by atoms with Crippen molar-refractivity contribution in [2.75, 3.05) is 13.2 Å². The van der Waals surface area contributed by atoms with Crippen molar-refractivity contribution < 1.29 is 22.7 Å². The van der Waals surface area contributed by atoms with E-state index in [0.29, 0.717) is 0 Å². The number of carbonyl (C=O) groups excluding carboxylic acids is 1. The maximum absolute atomic E-state index is 11.8. The first-order chi connectivity index (χ1) is 7.23. The summed E-state index contributed by atoms with van der Waals surface area (Å²) in [5.74, 6) is -0.707. The van der Waals surface area contributed by atoms with Crippen LogP contribution in [-0.4, -0.2) is 36.9 Å².